The SMILES string of the molecule is Cc1ccc(F)cc1OC1CCN(C2CCOCC2)C1. The first-order valence-electron chi connectivity index (χ1n) is 7.47. The normalized spacial score (nSPS) is 25.0. The number of ether oxygens (including phenoxy) is 2. The van der Waals surface area contributed by atoms with Gasteiger partial charge in [-0.25, -0.2) is 4.39 Å². The molecule has 0 radical (unpaired) electrons. The molecule has 110 valence electrons. The minimum Gasteiger partial charge on any atom is -0.489 e. The Morgan fingerprint density at radius 2 is 2.05 bits per heavy atom. The van der Waals surface area contributed by atoms with Crippen molar-refractivity contribution in [1.29, 1.82) is 0 Å². The van der Waals surface area contributed by atoms with Crippen molar-refractivity contribution in [1.82, 2.24) is 4.90 Å². The second-order valence-corrected chi connectivity index (χ2v) is 5.78. The summed E-state index contributed by atoms with van der Waals surface area (Å²) >= 11 is 0. The van der Waals surface area contributed by atoms with Gasteiger partial charge in [0.25, 0.3) is 0 Å². The van der Waals surface area contributed by atoms with Gasteiger partial charge in [0, 0.05) is 38.4 Å². The molecule has 2 aliphatic rings. The lowest BCUT2D eigenvalue weighted by molar-refractivity contribution is 0.0387. The van der Waals surface area contributed by atoms with Gasteiger partial charge in [0.05, 0.1) is 0 Å². The molecule has 0 bridgehead atoms. The van der Waals surface area contributed by atoms with Crippen LogP contribution in [-0.2, 0) is 4.74 Å². The molecule has 0 amide bonds. The number of nitrogens with zero attached hydrogens (tertiary/aromatic N) is 1. The van der Waals surface area contributed by atoms with Gasteiger partial charge in [-0.2, -0.15) is 0 Å². The minimum atomic E-state index is -0.232. The van der Waals surface area contributed by atoms with Gasteiger partial charge >= 0.3 is 0 Å². The van der Waals surface area contributed by atoms with Crippen molar-refractivity contribution in [3.05, 3.63) is 29.6 Å². The predicted octanol–water partition coefficient (Wildman–Crippen LogP) is 2.77. The van der Waals surface area contributed by atoms with Crippen LogP contribution in [0.2, 0.25) is 0 Å². The maximum Gasteiger partial charge on any atom is 0.126 e. The first-order valence-corrected chi connectivity index (χ1v) is 7.47. The minimum absolute atomic E-state index is 0.179. The van der Waals surface area contributed by atoms with Crippen molar-refractivity contribution in [3.8, 4) is 5.75 Å². The molecular weight excluding hydrogens is 257 g/mol. The first kappa shape index (κ1) is 13.8. The van der Waals surface area contributed by atoms with Gasteiger partial charge in [-0.15, -0.1) is 0 Å². The van der Waals surface area contributed by atoms with Crippen molar-refractivity contribution >= 4 is 0 Å². The average molecular weight is 279 g/mol. The number of rotatable bonds is 3. The fraction of sp³-hybridized carbons (Fsp3) is 0.625. The zero-order chi connectivity index (χ0) is 13.9. The maximum atomic E-state index is 13.3. The molecule has 2 fully saturated rings. The molecule has 0 spiro atoms. The number of hydrogen-bond donors (Lipinski definition) is 0. The maximum absolute atomic E-state index is 13.3. The van der Waals surface area contributed by atoms with E-state index in [4.69, 9.17) is 9.47 Å². The molecule has 1 aromatic carbocycles. The van der Waals surface area contributed by atoms with Crippen LogP contribution in [-0.4, -0.2) is 43.3 Å². The molecule has 0 aliphatic carbocycles. The molecule has 1 atom stereocenters. The van der Waals surface area contributed by atoms with Crippen LogP contribution in [0.3, 0.4) is 0 Å². The van der Waals surface area contributed by atoms with E-state index in [1.807, 2.05) is 6.92 Å². The smallest absolute Gasteiger partial charge is 0.126 e. The van der Waals surface area contributed by atoms with Crippen LogP contribution < -0.4 is 4.74 Å². The van der Waals surface area contributed by atoms with E-state index in [-0.39, 0.29) is 11.9 Å². The molecule has 2 heterocycles. The summed E-state index contributed by atoms with van der Waals surface area (Å²) in [5.74, 6) is 0.453. The Bertz CT molecular complexity index is 460. The number of hydrogen-bond acceptors (Lipinski definition) is 3. The van der Waals surface area contributed by atoms with Crippen LogP contribution in [0.1, 0.15) is 24.8 Å². The Morgan fingerprint density at radius 1 is 1.25 bits per heavy atom. The van der Waals surface area contributed by atoms with Crippen molar-refractivity contribution in [2.45, 2.75) is 38.3 Å². The van der Waals surface area contributed by atoms with E-state index in [1.165, 1.54) is 12.1 Å². The van der Waals surface area contributed by atoms with Gasteiger partial charge in [-0.3, -0.25) is 4.90 Å². The summed E-state index contributed by atoms with van der Waals surface area (Å²) in [5, 5.41) is 0. The van der Waals surface area contributed by atoms with Gasteiger partial charge in [-0.1, -0.05) is 6.07 Å². The Balaban J connectivity index is 1.58. The molecular formula is C16H22FNO2. The molecule has 1 unspecified atom stereocenters. The molecule has 2 saturated heterocycles. The van der Waals surface area contributed by atoms with Crippen LogP contribution in [0, 0.1) is 12.7 Å². The summed E-state index contributed by atoms with van der Waals surface area (Å²) in [5.41, 5.74) is 0.996. The highest BCUT2D eigenvalue weighted by molar-refractivity contribution is 5.32. The highest BCUT2D eigenvalue weighted by Crippen LogP contribution is 2.26. The predicted molar refractivity (Wildman–Crippen MR) is 75.6 cm³/mol. The zero-order valence-electron chi connectivity index (χ0n) is 12.0. The molecule has 0 N–H and O–H groups in total. The Hall–Kier alpha value is -1.13. The van der Waals surface area contributed by atoms with Gasteiger partial charge in [0.1, 0.15) is 17.7 Å². The third-order valence-corrected chi connectivity index (χ3v) is 4.33. The first-order chi connectivity index (χ1) is 9.72. The lowest BCUT2D eigenvalue weighted by atomic mass is 10.1. The third-order valence-electron chi connectivity index (χ3n) is 4.33. The highest BCUT2D eigenvalue weighted by atomic mass is 19.1. The van der Waals surface area contributed by atoms with Crippen molar-refractivity contribution < 1.29 is 13.9 Å². The molecule has 2 aliphatic heterocycles. The van der Waals surface area contributed by atoms with E-state index in [2.05, 4.69) is 4.90 Å². The molecule has 3 nitrogen and oxygen atoms in total. The number of likely N-dealkylation sites (tertiary alicyclic amines) is 1. The zero-order valence-corrected chi connectivity index (χ0v) is 12.0. The lowest BCUT2D eigenvalue weighted by Gasteiger charge is -2.30. The quantitative estimate of drug-likeness (QED) is 0.849. The summed E-state index contributed by atoms with van der Waals surface area (Å²) in [7, 11) is 0. The van der Waals surface area contributed by atoms with E-state index in [0.717, 1.165) is 51.1 Å². The van der Waals surface area contributed by atoms with E-state index in [9.17, 15) is 4.39 Å². The summed E-state index contributed by atoms with van der Waals surface area (Å²) in [6.07, 6.45) is 3.43. The number of benzene rings is 1. The number of halogens is 1. The Morgan fingerprint density at radius 3 is 2.85 bits per heavy atom. The monoisotopic (exact) mass is 279 g/mol. The average Bonchev–Trinajstić information content (AvgIpc) is 2.92. The van der Waals surface area contributed by atoms with Gasteiger partial charge in [0.15, 0.2) is 0 Å². The van der Waals surface area contributed by atoms with Crippen molar-refractivity contribution in [2.24, 2.45) is 0 Å². The molecule has 0 aromatic heterocycles. The molecule has 3 rings (SSSR count). The lowest BCUT2D eigenvalue weighted by Crippen LogP contribution is -2.38. The van der Waals surface area contributed by atoms with Crippen molar-refractivity contribution in [3.63, 3.8) is 0 Å². The van der Waals surface area contributed by atoms with Gasteiger partial charge < -0.3 is 9.47 Å². The fourth-order valence-corrected chi connectivity index (χ4v) is 3.11. The Labute approximate surface area is 119 Å². The number of aryl methyl sites for hydroxylation is 1. The second kappa shape index (κ2) is 6.10. The van der Waals surface area contributed by atoms with Crippen LogP contribution >= 0.6 is 0 Å². The van der Waals surface area contributed by atoms with E-state index in [0.29, 0.717) is 11.8 Å². The van der Waals surface area contributed by atoms with Crippen LogP contribution in [0.25, 0.3) is 0 Å². The van der Waals surface area contributed by atoms with Crippen LogP contribution in [0.5, 0.6) is 5.75 Å². The second-order valence-electron chi connectivity index (χ2n) is 5.78. The summed E-state index contributed by atoms with van der Waals surface area (Å²) in [6, 6.07) is 5.37. The molecule has 0 saturated carbocycles. The highest BCUT2D eigenvalue weighted by Gasteiger charge is 2.30. The molecule has 20 heavy (non-hydrogen) atoms. The van der Waals surface area contributed by atoms with Crippen LogP contribution in [0.15, 0.2) is 18.2 Å². The van der Waals surface area contributed by atoms with E-state index >= 15 is 0 Å². The van der Waals surface area contributed by atoms with Gasteiger partial charge in [0.2, 0.25) is 0 Å². The van der Waals surface area contributed by atoms with E-state index < -0.39 is 0 Å². The summed E-state index contributed by atoms with van der Waals surface area (Å²) < 4.78 is 24.7. The third kappa shape index (κ3) is 3.13. The Kier molecular flexibility index (Phi) is 4.22. The van der Waals surface area contributed by atoms with Crippen LogP contribution in [0.4, 0.5) is 4.39 Å². The standard InChI is InChI=1S/C16H22FNO2/c1-12-2-3-13(17)10-16(12)20-15-4-7-18(11-15)14-5-8-19-9-6-14/h2-3,10,14-15H,4-9,11H2,1H3. The molecule has 4 heteroatoms. The fourth-order valence-electron chi connectivity index (χ4n) is 3.11. The van der Waals surface area contributed by atoms with Gasteiger partial charge in [-0.05, 0) is 37.8 Å². The summed E-state index contributed by atoms with van der Waals surface area (Å²) in [4.78, 5) is 2.50. The molecule has 1 aromatic rings. The topological polar surface area (TPSA) is 21.7 Å². The van der Waals surface area contributed by atoms with Crippen molar-refractivity contribution in [2.75, 3.05) is 26.3 Å². The van der Waals surface area contributed by atoms with E-state index in [1.54, 1.807) is 6.07 Å². The summed E-state index contributed by atoms with van der Waals surface area (Å²) in [6.45, 7) is 5.72. The largest absolute Gasteiger partial charge is 0.489 e.